The molecule has 2 rings (SSSR count). The van der Waals surface area contributed by atoms with Crippen LogP contribution in [0, 0.1) is 11.3 Å². The molecule has 1 N–H and O–H groups in total. The van der Waals surface area contributed by atoms with E-state index in [2.05, 4.69) is 28.3 Å². The van der Waals surface area contributed by atoms with Crippen molar-refractivity contribution < 1.29 is 0 Å². The van der Waals surface area contributed by atoms with Crippen molar-refractivity contribution in [2.24, 2.45) is 0 Å². The van der Waals surface area contributed by atoms with E-state index < -0.39 is 0 Å². The van der Waals surface area contributed by atoms with E-state index in [4.69, 9.17) is 0 Å². The Morgan fingerprint density at radius 3 is 3.00 bits per heavy atom. The van der Waals surface area contributed by atoms with Gasteiger partial charge in [0.2, 0.25) is 0 Å². The van der Waals surface area contributed by atoms with Crippen LogP contribution in [-0.2, 0) is 0 Å². The molecule has 0 radical (unpaired) electrons. The van der Waals surface area contributed by atoms with Gasteiger partial charge < -0.3 is 0 Å². The van der Waals surface area contributed by atoms with Gasteiger partial charge in [-0.15, -0.1) is 0 Å². The maximum absolute atomic E-state index is 9.50. The third-order valence-corrected chi connectivity index (χ3v) is 4.60. The number of nitrogens with one attached hydrogen (secondary N) is 1. The molecule has 1 aromatic heterocycles. The second kappa shape index (κ2) is 6.88. The van der Waals surface area contributed by atoms with Gasteiger partial charge in [0.15, 0.2) is 5.16 Å². The lowest BCUT2D eigenvalue weighted by Gasteiger charge is -2.36. The first-order valence-electron chi connectivity index (χ1n) is 6.88. The normalized spacial score (nSPS) is 26.8. The van der Waals surface area contributed by atoms with Crippen molar-refractivity contribution in [2.45, 2.75) is 55.0 Å². The van der Waals surface area contributed by atoms with E-state index in [1.54, 1.807) is 24.2 Å². The molecule has 1 saturated carbocycles. The van der Waals surface area contributed by atoms with Gasteiger partial charge in [-0.1, -0.05) is 18.7 Å². The van der Waals surface area contributed by atoms with Crippen molar-refractivity contribution in [2.75, 3.05) is 6.54 Å². The summed E-state index contributed by atoms with van der Waals surface area (Å²) in [5.74, 6) is 0. The zero-order chi connectivity index (χ0) is 13.6. The van der Waals surface area contributed by atoms with E-state index >= 15 is 0 Å². The lowest BCUT2D eigenvalue weighted by atomic mass is 9.82. The summed E-state index contributed by atoms with van der Waals surface area (Å²) in [5.41, 5.74) is -0.347. The maximum atomic E-state index is 9.50. The van der Waals surface area contributed by atoms with Crippen LogP contribution in [0.5, 0.6) is 0 Å². The highest BCUT2D eigenvalue weighted by atomic mass is 32.2. The van der Waals surface area contributed by atoms with Crippen LogP contribution in [0.1, 0.15) is 39.0 Å². The molecule has 1 aromatic rings. The van der Waals surface area contributed by atoms with E-state index in [-0.39, 0.29) is 5.54 Å². The molecule has 1 heterocycles. The van der Waals surface area contributed by atoms with E-state index in [1.165, 1.54) is 0 Å². The van der Waals surface area contributed by atoms with Crippen LogP contribution in [0.3, 0.4) is 0 Å². The summed E-state index contributed by atoms with van der Waals surface area (Å²) < 4.78 is 0. The number of nitrogens with zero attached hydrogens (tertiary/aromatic N) is 3. The zero-order valence-corrected chi connectivity index (χ0v) is 12.1. The summed E-state index contributed by atoms with van der Waals surface area (Å²) in [6.45, 7) is 3.04. The maximum Gasteiger partial charge on any atom is 0.187 e. The van der Waals surface area contributed by atoms with Crippen LogP contribution >= 0.6 is 11.8 Å². The topological polar surface area (TPSA) is 61.6 Å². The molecule has 1 aliphatic carbocycles. The summed E-state index contributed by atoms with van der Waals surface area (Å²) in [6.07, 6.45) is 8.66. The molecule has 0 amide bonds. The van der Waals surface area contributed by atoms with Crippen molar-refractivity contribution in [3.63, 3.8) is 0 Å². The van der Waals surface area contributed by atoms with Crippen LogP contribution in [0.4, 0.5) is 0 Å². The van der Waals surface area contributed by atoms with E-state index in [0.29, 0.717) is 5.25 Å². The fourth-order valence-electron chi connectivity index (χ4n) is 2.49. The van der Waals surface area contributed by atoms with Gasteiger partial charge in [-0.2, -0.15) is 5.26 Å². The smallest absolute Gasteiger partial charge is 0.187 e. The van der Waals surface area contributed by atoms with Crippen molar-refractivity contribution >= 4 is 11.8 Å². The minimum atomic E-state index is -0.347. The average molecular weight is 276 g/mol. The van der Waals surface area contributed by atoms with Crippen LogP contribution < -0.4 is 5.32 Å². The summed E-state index contributed by atoms with van der Waals surface area (Å²) in [4.78, 5) is 8.51. The molecule has 0 spiro atoms. The highest BCUT2D eigenvalue weighted by Gasteiger charge is 2.36. The molecule has 2 unspecified atom stereocenters. The quantitative estimate of drug-likeness (QED) is 0.838. The Morgan fingerprint density at radius 2 is 2.32 bits per heavy atom. The number of hydrogen-bond acceptors (Lipinski definition) is 5. The lowest BCUT2D eigenvalue weighted by Crippen LogP contribution is -2.48. The highest BCUT2D eigenvalue weighted by molar-refractivity contribution is 7.99. The van der Waals surface area contributed by atoms with Gasteiger partial charge in [0.25, 0.3) is 0 Å². The molecule has 5 heteroatoms. The van der Waals surface area contributed by atoms with Crippen LogP contribution in [0.2, 0.25) is 0 Å². The monoisotopic (exact) mass is 276 g/mol. The molecule has 4 nitrogen and oxygen atoms in total. The molecule has 0 bridgehead atoms. The molecule has 1 fully saturated rings. The highest BCUT2D eigenvalue weighted by Crippen LogP contribution is 2.36. The Hall–Kier alpha value is -1.12. The molecule has 2 atom stereocenters. The first kappa shape index (κ1) is 14.3. The van der Waals surface area contributed by atoms with Gasteiger partial charge >= 0.3 is 0 Å². The minimum absolute atomic E-state index is 0.347. The van der Waals surface area contributed by atoms with Gasteiger partial charge in [-0.3, -0.25) is 5.32 Å². The van der Waals surface area contributed by atoms with Crippen molar-refractivity contribution in [1.29, 1.82) is 5.26 Å². The second-order valence-corrected chi connectivity index (χ2v) is 6.26. The van der Waals surface area contributed by atoms with E-state index in [1.807, 2.05) is 6.07 Å². The molecular formula is C14H20N4S. The lowest BCUT2D eigenvalue weighted by molar-refractivity contribution is 0.304. The first-order valence-corrected chi connectivity index (χ1v) is 7.76. The zero-order valence-electron chi connectivity index (χ0n) is 11.3. The van der Waals surface area contributed by atoms with Crippen molar-refractivity contribution in [3.8, 4) is 6.07 Å². The Labute approximate surface area is 119 Å². The van der Waals surface area contributed by atoms with Gasteiger partial charge in [0.05, 0.1) is 6.07 Å². The molecule has 1 aliphatic rings. The molecular weight excluding hydrogens is 256 g/mol. The van der Waals surface area contributed by atoms with Crippen LogP contribution in [0.15, 0.2) is 23.6 Å². The van der Waals surface area contributed by atoms with Crippen molar-refractivity contribution in [3.05, 3.63) is 18.5 Å². The Kier molecular flexibility index (Phi) is 5.17. The Morgan fingerprint density at radius 1 is 1.53 bits per heavy atom. The number of aromatic nitrogens is 2. The van der Waals surface area contributed by atoms with Crippen molar-refractivity contribution in [1.82, 2.24) is 15.3 Å². The largest absolute Gasteiger partial charge is 0.299 e. The van der Waals surface area contributed by atoms with Gasteiger partial charge in [-0.25, -0.2) is 9.97 Å². The number of thioether (sulfide) groups is 1. The molecule has 19 heavy (non-hydrogen) atoms. The fourth-order valence-corrected chi connectivity index (χ4v) is 3.68. The summed E-state index contributed by atoms with van der Waals surface area (Å²) in [5, 5.41) is 14.2. The summed E-state index contributed by atoms with van der Waals surface area (Å²) in [6, 6.07) is 4.33. The molecule has 0 aliphatic heterocycles. The predicted octanol–water partition coefficient (Wildman–Crippen LogP) is 2.77. The van der Waals surface area contributed by atoms with E-state index in [9.17, 15) is 5.26 Å². The third-order valence-electron chi connectivity index (χ3n) is 3.45. The standard InChI is InChI=1S/C14H20N4S/c1-2-7-18-14(11-15)6-3-5-12(10-14)19-13-16-8-4-9-17-13/h4,8-9,12,18H,2-3,5-7,10H2,1H3. The number of hydrogen-bond donors (Lipinski definition) is 1. The predicted molar refractivity (Wildman–Crippen MR) is 76.8 cm³/mol. The molecule has 102 valence electrons. The number of rotatable bonds is 5. The Bertz CT molecular complexity index is 431. The summed E-state index contributed by atoms with van der Waals surface area (Å²) in [7, 11) is 0. The fraction of sp³-hybridized carbons (Fsp3) is 0.643. The Balaban J connectivity index is 1.98. The average Bonchev–Trinajstić information content (AvgIpc) is 2.46. The van der Waals surface area contributed by atoms with Gasteiger partial charge in [0.1, 0.15) is 5.54 Å². The molecule has 0 aromatic carbocycles. The minimum Gasteiger partial charge on any atom is -0.299 e. The first-order chi connectivity index (χ1) is 9.28. The SMILES string of the molecule is CCCNC1(C#N)CCCC(Sc2ncccn2)C1. The van der Waals surface area contributed by atoms with Gasteiger partial charge in [-0.05, 0) is 44.7 Å². The summed E-state index contributed by atoms with van der Waals surface area (Å²) >= 11 is 1.70. The number of nitriles is 1. The second-order valence-electron chi connectivity index (χ2n) is 4.99. The molecule has 0 saturated heterocycles. The van der Waals surface area contributed by atoms with Crippen LogP contribution in [0.25, 0.3) is 0 Å². The van der Waals surface area contributed by atoms with E-state index in [0.717, 1.165) is 43.8 Å². The van der Waals surface area contributed by atoms with Crippen LogP contribution in [-0.4, -0.2) is 27.3 Å². The van der Waals surface area contributed by atoms with Gasteiger partial charge in [0, 0.05) is 17.6 Å². The third kappa shape index (κ3) is 3.92.